The Hall–Kier alpha value is -1.07. The molecule has 0 radical (unpaired) electrons. The number of carbonyl (C=O) groups excluding carboxylic acids is 1. The molecule has 5 heteroatoms. The van der Waals surface area contributed by atoms with Gasteiger partial charge in [-0.2, -0.15) is 0 Å². The van der Waals surface area contributed by atoms with Gasteiger partial charge in [0.15, 0.2) is 0 Å². The van der Waals surface area contributed by atoms with Crippen molar-refractivity contribution in [2.75, 3.05) is 26.7 Å². The van der Waals surface area contributed by atoms with E-state index < -0.39 is 0 Å². The molecule has 4 nitrogen and oxygen atoms in total. The van der Waals surface area contributed by atoms with Crippen molar-refractivity contribution in [2.24, 2.45) is 11.7 Å². The molecular weight excluding hydrogens is 320 g/mol. The fraction of sp³-hybridized carbons (Fsp3) is 0.533. The first kappa shape index (κ1) is 17.0. The smallest absolute Gasteiger partial charge is 0.222 e. The first-order valence-electron chi connectivity index (χ1n) is 6.85. The third kappa shape index (κ3) is 6.39. The van der Waals surface area contributed by atoms with Crippen LogP contribution in [0.3, 0.4) is 0 Å². The Morgan fingerprint density at radius 3 is 2.65 bits per heavy atom. The molecule has 0 fully saturated rings. The maximum atomic E-state index is 11.9. The van der Waals surface area contributed by atoms with Crippen LogP contribution < -0.4 is 10.5 Å². The fourth-order valence-electron chi connectivity index (χ4n) is 1.63. The Morgan fingerprint density at radius 1 is 1.40 bits per heavy atom. The number of hydrogen-bond donors (Lipinski definition) is 1. The molecule has 112 valence electrons. The third-order valence-corrected chi connectivity index (χ3v) is 3.72. The van der Waals surface area contributed by atoms with E-state index in [1.54, 1.807) is 11.9 Å². The number of hydrogen-bond acceptors (Lipinski definition) is 3. The van der Waals surface area contributed by atoms with Gasteiger partial charge in [0.05, 0.1) is 6.54 Å². The minimum atomic E-state index is 0.143. The molecular formula is C15H23BrN2O2. The highest BCUT2D eigenvalue weighted by Crippen LogP contribution is 2.16. The van der Waals surface area contributed by atoms with Gasteiger partial charge < -0.3 is 15.4 Å². The van der Waals surface area contributed by atoms with Crippen LogP contribution in [0.15, 0.2) is 28.7 Å². The molecule has 20 heavy (non-hydrogen) atoms. The van der Waals surface area contributed by atoms with E-state index in [0.717, 1.165) is 16.6 Å². The molecule has 0 aliphatic carbocycles. The van der Waals surface area contributed by atoms with Crippen LogP contribution in [0.1, 0.15) is 19.8 Å². The molecule has 1 rings (SSSR count). The van der Waals surface area contributed by atoms with Crippen LogP contribution in [0, 0.1) is 5.92 Å². The molecule has 0 heterocycles. The van der Waals surface area contributed by atoms with Crippen LogP contribution >= 0.6 is 15.9 Å². The van der Waals surface area contributed by atoms with Crippen molar-refractivity contribution in [1.82, 2.24) is 4.90 Å². The number of benzene rings is 1. The number of likely N-dealkylation sites (N-methyl/N-ethyl adjacent to an activating group) is 1. The number of carbonyl (C=O) groups is 1. The van der Waals surface area contributed by atoms with Crippen molar-refractivity contribution in [3.8, 4) is 5.75 Å². The van der Waals surface area contributed by atoms with Crippen LogP contribution in [-0.4, -0.2) is 37.6 Å². The van der Waals surface area contributed by atoms with Crippen molar-refractivity contribution >= 4 is 21.8 Å². The summed E-state index contributed by atoms with van der Waals surface area (Å²) in [5.74, 6) is 1.35. The van der Waals surface area contributed by atoms with Crippen molar-refractivity contribution in [3.05, 3.63) is 28.7 Å². The van der Waals surface area contributed by atoms with Crippen molar-refractivity contribution in [1.29, 1.82) is 0 Å². The molecule has 1 aromatic rings. The van der Waals surface area contributed by atoms with Crippen molar-refractivity contribution in [2.45, 2.75) is 19.8 Å². The molecule has 1 amide bonds. The first-order valence-corrected chi connectivity index (χ1v) is 7.64. The van der Waals surface area contributed by atoms with Crippen LogP contribution in [0.4, 0.5) is 0 Å². The number of halogens is 1. The van der Waals surface area contributed by atoms with Gasteiger partial charge in [0.25, 0.3) is 0 Å². The fourth-order valence-corrected chi connectivity index (χ4v) is 1.90. The number of nitrogens with zero attached hydrogens (tertiary/aromatic N) is 1. The second-order valence-electron chi connectivity index (χ2n) is 5.00. The van der Waals surface area contributed by atoms with E-state index in [4.69, 9.17) is 10.5 Å². The topological polar surface area (TPSA) is 55.6 Å². The van der Waals surface area contributed by atoms with E-state index in [9.17, 15) is 4.79 Å². The van der Waals surface area contributed by atoms with E-state index >= 15 is 0 Å². The number of amides is 1. The second kappa shape index (κ2) is 8.97. The van der Waals surface area contributed by atoms with Gasteiger partial charge >= 0.3 is 0 Å². The maximum Gasteiger partial charge on any atom is 0.222 e. The Labute approximate surface area is 129 Å². The lowest BCUT2D eigenvalue weighted by Crippen LogP contribution is -2.31. The highest BCUT2D eigenvalue weighted by atomic mass is 79.9. The molecule has 0 saturated carbocycles. The average molecular weight is 343 g/mol. The summed E-state index contributed by atoms with van der Waals surface area (Å²) in [5, 5.41) is 0. The summed E-state index contributed by atoms with van der Waals surface area (Å²) in [5.41, 5.74) is 5.54. The summed E-state index contributed by atoms with van der Waals surface area (Å²) in [4.78, 5) is 13.6. The maximum absolute atomic E-state index is 11.9. The SMILES string of the molecule is CC(CN)CCC(=O)N(C)CCOc1ccc(Br)cc1. The molecule has 0 aromatic heterocycles. The number of nitrogens with two attached hydrogens (primary N) is 1. The van der Waals surface area contributed by atoms with Gasteiger partial charge in [-0.3, -0.25) is 4.79 Å². The van der Waals surface area contributed by atoms with Crippen LogP contribution in [0.25, 0.3) is 0 Å². The Bertz CT molecular complexity index is 409. The summed E-state index contributed by atoms with van der Waals surface area (Å²) >= 11 is 3.37. The van der Waals surface area contributed by atoms with E-state index in [1.165, 1.54) is 0 Å². The van der Waals surface area contributed by atoms with Gasteiger partial charge in [-0.25, -0.2) is 0 Å². The molecule has 1 unspecified atom stereocenters. The monoisotopic (exact) mass is 342 g/mol. The lowest BCUT2D eigenvalue weighted by atomic mass is 10.1. The number of ether oxygens (including phenoxy) is 1. The molecule has 0 aliphatic rings. The predicted octanol–water partition coefficient (Wildman–Crippen LogP) is 2.66. The van der Waals surface area contributed by atoms with Crippen molar-refractivity contribution < 1.29 is 9.53 Å². The minimum absolute atomic E-state index is 0.143. The molecule has 0 aliphatic heterocycles. The largest absolute Gasteiger partial charge is 0.492 e. The summed E-state index contributed by atoms with van der Waals surface area (Å²) in [7, 11) is 1.81. The molecule has 0 bridgehead atoms. The summed E-state index contributed by atoms with van der Waals surface area (Å²) in [6.45, 7) is 3.77. The van der Waals surface area contributed by atoms with Crippen LogP contribution in [-0.2, 0) is 4.79 Å². The van der Waals surface area contributed by atoms with Crippen molar-refractivity contribution in [3.63, 3.8) is 0 Å². The molecule has 0 spiro atoms. The van der Waals surface area contributed by atoms with E-state index in [0.29, 0.717) is 32.0 Å². The normalized spacial score (nSPS) is 12.0. The van der Waals surface area contributed by atoms with Gasteiger partial charge in [-0.1, -0.05) is 22.9 Å². The summed E-state index contributed by atoms with van der Waals surface area (Å²) in [6, 6.07) is 7.65. The van der Waals surface area contributed by atoms with E-state index in [2.05, 4.69) is 22.9 Å². The Kier molecular flexibility index (Phi) is 7.62. The quantitative estimate of drug-likeness (QED) is 0.790. The lowest BCUT2D eigenvalue weighted by molar-refractivity contribution is -0.130. The zero-order valence-electron chi connectivity index (χ0n) is 12.1. The summed E-state index contributed by atoms with van der Waals surface area (Å²) < 4.78 is 6.61. The average Bonchev–Trinajstić information content (AvgIpc) is 2.46. The highest BCUT2D eigenvalue weighted by Gasteiger charge is 2.10. The van der Waals surface area contributed by atoms with Gasteiger partial charge in [0.1, 0.15) is 12.4 Å². The lowest BCUT2D eigenvalue weighted by Gasteiger charge is -2.18. The summed E-state index contributed by atoms with van der Waals surface area (Å²) in [6.07, 6.45) is 1.39. The highest BCUT2D eigenvalue weighted by molar-refractivity contribution is 9.10. The van der Waals surface area contributed by atoms with E-state index in [-0.39, 0.29) is 5.91 Å². The third-order valence-electron chi connectivity index (χ3n) is 3.19. The van der Waals surface area contributed by atoms with Gasteiger partial charge in [-0.15, -0.1) is 0 Å². The Morgan fingerprint density at radius 2 is 2.05 bits per heavy atom. The predicted molar refractivity (Wildman–Crippen MR) is 84.7 cm³/mol. The molecule has 1 atom stereocenters. The van der Waals surface area contributed by atoms with Gasteiger partial charge in [0.2, 0.25) is 5.91 Å². The zero-order valence-corrected chi connectivity index (χ0v) is 13.7. The minimum Gasteiger partial charge on any atom is -0.492 e. The number of rotatable bonds is 8. The van der Waals surface area contributed by atoms with Crippen LogP contribution in [0.2, 0.25) is 0 Å². The standard InChI is InChI=1S/C15H23BrN2O2/c1-12(11-17)3-8-15(19)18(2)9-10-20-14-6-4-13(16)5-7-14/h4-7,12H,3,8-11,17H2,1-2H3. The Balaban J connectivity index is 2.23. The first-order chi connectivity index (χ1) is 9.52. The molecule has 1 aromatic carbocycles. The van der Waals surface area contributed by atoms with Crippen LogP contribution in [0.5, 0.6) is 5.75 Å². The second-order valence-corrected chi connectivity index (χ2v) is 5.91. The molecule has 2 N–H and O–H groups in total. The van der Waals surface area contributed by atoms with E-state index in [1.807, 2.05) is 24.3 Å². The molecule has 0 saturated heterocycles. The van der Waals surface area contributed by atoms with Gasteiger partial charge in [0, 0.05) is 17.9 Å². The zero-order chi connectivity index (χ0) is 15.0. The van der Waals surface area contributed by atoms with Gasteiger partial charge in [-0.05, 0) is 43.1 Å².